The van der Waals surface area contributed by atoms with Gasteiger partial charge in [-0.25, -0.2) is 4.98 Å². The molecule has 3 aliphatic rings. The van der Waals surface area contributed by atoms with Gasteiger partial charge in [-0.3, -0.25) is 14.7 Å². The van der Waals surface area contributed by atoms with Gasteiger partial charge in [0.25, 0.3) is 5.91 Å². The highest BCUT2D eigenvalue weighted by Crippen LogP contribution is 2.30. The van der Waals surface area contributed by atoms with E-state index in [-0.39, 0.29) is 5.91 Å². The van der Waals surface area contributed by atoms with Crippen molar-refractivity contribution >= 4 is 11.7 Å². The number of carbonyl (C=O) groups excluding carboxylic acids is 1. The number of pyridine rings is 2. The van der Waals surface area contributed by atoms with Gasteiger partial charge in [0.2, 0.25) is 0 Å². The fraction of sp³-hybridized carbons (Fsp3) is 0.476. The maximum atomic E-state index is 12.9. The number of fused-ring (bicyclic) bond motifs is 4. The molecule has 2 aromatic rings. The highest BCUT2D eigenvalue weighted by Gasteiger charge is 2.36. The minimum Gasteiger partial charge on any atom is -0.363 e. The van der Waals surface area contributed by atoms with E-state index in [4.69, 9.17) is 0 Å². The number of piperidine rings is 1. The summed E-state index contributed by atoms with van der Waals surface area (Å²) in [4.78, 5) is 28.1. The van der Waals surface area contributed by atoms with Gasteiger partial charge in [-0.15, -0.1) is 0 Å². The van der Waals surface area contributed by atoms with E-state index >= 15 is 0 Å². The van der Waals surface area contributed by atoms with Crippen LogP contribution in [0.25, 0.3) is 0 Å². The lowest BCUT2D eigenvalue weighted by Gasteiger charge is -2.36. The van der Waals surface area contributed by atoms with Crippen LogP contribution in [0.3, 0.4) is 0 Å². The lowest BCUT2D eigenvalue weighted by atomic mass is 9.94. The van der Waals surface area contributed by atoms with Crippen LogP contribution in [-0.4, -0.2) is 65.4 Å². The molecule has 2 aromatic heterocycles. The molecule has 6 heteroatoms. The number of rotatable bonds is 4. The van der Waals surface area contributed by atoms with E-state index in [0.29, 0.717) is 12.0 Å². The van der Waals surface area contributed by atoms with E-state index in [1.165, 1.54) is 12.0 Å². The van der Waals surface area contributed by atoms with E-state index in [1.54, 1.807) is 12.4 Å². The first-order valence-electron chi connectivity index (χ1n) is 9.66. The van der Waals surface area contributed by atoms with E-state index < -0.39 is 0 Å². The molecule has 0 aliphatic carbocycles. The van der Waals surface area contributed by atoms with Crippen molar-refractivity contribution in [3.63, 3.8) is 0 Å². The molecule has 2 atom stereocenters. The Hall–Kier alpha value is -2.47. The molecule has 0 N–H and O–H groups in total. The quantitative estimate of drug-likeness (QED) is 0.832. The maximum absolute atomic E-state index is 12.9. The van der Waals surface area contributed by atoms with Crippen LogP contribution < -0.4 is 4.90 Å². The maximum Gasteiger partial charge on any atom is 0.254 e. The Kier molecular flexibility index (Phi) is 5.07. The molecule has 27 heavy (non-hydrogen) atoms. The summed E-state index contributed by atoms with van der Waals surface area (Å²) in [5.74, 6) is 1.65. The summed E-state index contributed by atoms with van der Waals surface area (Å²) >= 11 is 0. The molecule has 5 heterocycles. The molecule has 0 spiro atoms. The Morgan fingerprint density at radius 1 is 1.11 bits per heavy atom. The third-order valence-corrected chi connectivity index (χ3v) is 5.69. The zero-order valence-electron chi connectivity index (χ0n) is 16.1. The van der Waals surface area contributed by atoms with Crippen LogP contribution >= 0.6 is 0 Å². The van der Waals surface area contributed by atoms with Crippen molar-refractivity contribution in [3.8, 4) is 0 Å². The van der Waals surface area contributed by atoms with Gasteiger partial charge >= 0.3 is 0 Å². The van der Waals surface area contributed by atoms with Gasteiger partial charge in [-0.05, 0) is 42.5 Å². The molecule has 6 nitrogen and oxygen atoms in total. The van der Waals surface area contributed by atoms with Gasteiger partial charge in [0, 0.05) is 70.5 Å². The zero-order chi connectivity index (χ0) is 18.8. The van der Waals surface area contributed by atoms with Crippen molar-refractivity contribution in [1.82, 2.24) is 19.8 Å². The SMILES string of the molecule is CN(C)c1ccc(CN2CC3CCC2CN(C(=O)c2ccncc2)C3)cn1. The summed E-state index contributed by atoms with van der Waals surface area (Å²) in [6.45, 7) is 3.62. The normalized spacial score (nSPS) is 22.5. The summed E-state index contributed by atoms with van der Waals surface area (Å²) in [5.41, 5.74) is 1.97. The first-order valence-corrected chi connectivity index (χ1v) is 9.66. The molecule has 5 rings (SSSR count). The molecule has 3 fully saturated rings. The van der Waals surface area contributed by atoms with Crippen LogP contribution in [0.5, 0.6) is 0 Å². The van der Waals surface area contributed by atoms with Gasteiger partial charge in [-0.2, -0.15) is 0 Å². The number of nitrogens with zero attached hydrogens (tertiary/aromatic N) is 5. The fourth-order valence-electron chi connectivity index (χ4n) is 4.22. The first-order chi connectivity index (χ1) is 13.1. The molecule has 0 radical (unpaired) electrons. The van der Waals surface area contributed by atoms with Crippen molar-refractivity contribution in [3.05, 3.63) is 54.0 Å². The predicted molar refractivity (Wildman–Crippen MR) is 106 cm³/mol. The van der Waals surface area contributed by atoms with Crippen LogP contribution in [0.1, 0.15) is 28.8 Å². The van der Waals surface area contributed by atoms with Gasteiger partial charge in [0.1, 0.15) is 5.82 Å². The van der Waals surface area contributed by atoms with E-state index in [2.05, 4.69) is 27.0 Å². The minimum absolute atomic E-state index is 0.133. The Labute approximate surface area is 160 Å². The number of hydrogen-bond donors (Lipinski definition) is 0. The molecule has 2 unspecified atom stereocenters. The second-order valence-electron chi connectivity index (χ2n) is 7.89. The molecule has 0 saturated carbocycles. The Balaban J connectivity index is 1.46. The standard InChI is InChI=1S/C21H27N5O/c1-24(2)20-6-4-16(11-23-20)12-25-13-17-3-5-19(25)15-26(14-17)21(27)18-7-9-22-10-8-18/h4,6-11,17,19H,3,5,12-15H2,1-2H3. The number of aromatic nitrogens is 2. The van der Waals surface area contributed by atoms with Crippen LogP contribution in [-0.2, 0) is 6.54 Å². The van der Waals surface area contributed by atoms with Crippen molar-refractivity contribution in [2.45, 2.75) is 25.4 Å². The Morgan fingerprint density at radius 3 is 2.63 bits per heavy atom. The minimum atomic E-state index is 0.133. The number of carbonyl (C=O) groups is 1. The lowest BCUT2D eigenvalue weighted by Crippen LogP contribution is -2.43. The van der Waals surface area contributed by atoms with Crippen LogP contribution in [0.4, 0.5) is 5.82 Å². The monoisotopic (exact) mass is 365 g/mol. The lowest BCUT2D eigenvalue weighted by molar-refractivity contribution is 0.0736. The van der Waals surface area contributed by atoms with Crippen molar-refractivity contribution in [2.75, 3.05) is 38.6 Å². The van der Waals surface area contributed by atoms with Gasteiger partial charge in [0.15, 0.2) is 0 Å². The first kappa shape index (κ1) is 17.9. The van der Waals surface area contributed by atoms with Crippen LogP contribution in [0.2, 0.25) is 0 Å². The second-order valence-corrected chi connectivity index (χ2v) is 7.89. The van der Waals surface area contributed by atoms with Crippen LogP contribution in [0, 0.1) is 5.92 Å². The number of amides is 1. The van der Waals surface area contributed by atoms with Crippen molar-refractivity contribution < 1.29 is 4.79 Å². The highest BCUT2D eigenvalue weighted by atomic mass is 16.2. The average molecular weight is 365 g/mol. The molecule has 0 aromatic carbocycles. The van der Waals surface area contributed by atoms with E-state index in [1.807, 2.05) is 42.2 Å². The Morgan fingerprint density at radius 2 is 1.93 bits per heavy atom. The third-order valence-electron chi connectivity index (χ3n) is 5.69. The van der Waals surface area contributed by atoms with Gasteiger partial charge in [0.05, 0.1) is 0 Å². The third kappa shape index (κ3) is 3.95. The molecule has 2 bridgehead atoms. The van der Waals surface area contributed by atoms with Crippen molar-refractivity contribution in [2.24, 2.45) is 5.92 Å². The Bertz CT molecular complexity index is 777. The van der Waals surface area contributed by atoms with E-state index in [9.17, 15) is 4.79 Å². The van der Waals surface area contributed by atoms with Crippen molar-refractivity contribution in [1.29, 1.82) is 0 Å². The topological polar surface area (TPSA) is 52.6 Å². The molecular weight excluding hydrogens is 338 g/mol. The summed E-state index contributed by atoms with van der Waals surface area (Å²) in [6, 6.07) is 8.28. The zero-order valence-corrected chi connectivity index (χ0v) is 16.1. The molecule has 3 saturated heterocycles. The highest BCUT2D eigenvalue weighted by molar-refractivity contribution is 5.94. The molecule has 142 valence electrons. The second kappa shape index (κ2) is 7.64. The summed E-state index contributed by atoms with van der Waals surface area (Å²) < 4.78 is 0. The predicted octanol–water partition coefficient (Wildman–Crippen LogP) is 2.28. The van der Waals surface area contributed by atoms with Crippen LogP contribution in [0.15, 0.2) is 42.9 Å². The molecule has 1 amide bonds. The fourth-order valence-corrected chi connectivity index (χ4v) is 4.22. The summed E-state index contributed by atoms with van der Waals surface area (Å²) in [6.07, 6.45) is 7.73. The molecule has 3 aliphatic heterocycles. The van der Waals surface area contributed by atoms with E-state index in [0.717, 1.165) is 44.0 Å². The van der Waals surface area contributed by atoms with Gasteiger partial charge in [-0.1, -0.05) is 6.07 Å². The molecular formula is C21H27N5O. The largest absolute Gasteiger partial charge is 0.363 e. The summed E-state index contributed by atoms with van der Waals surface area (Å²) in [7, 11) is 4.01. The van der Waals surface area contributed by atoms with Gasteiger partial charge < -0.3 is 9.80 Å². The number of anilines is 1. The smallest absolute Gasteiger partial charge is 0.254 e. The number of hydrogen-bond acceptors (Lipinski definition) is 5. The summed E-state index contributed by atoms with van der Waals surface area (Å²) in [5, 5.41) is 0. The average Bonchev–Trinajstić information content (AvgIpc) is 3.00.